The Morgan fingerprint density at radius 3 is 3.00 bits per heavy atom. The molecule has 1 N–H and O–H groups in total. The highest BCUT2D eigenvalue weighted by Crippen LogP contribution is 2.18. The minimum atomic E-state index is -0.980. The zero-order valence-corrected chi connectivity index (χ0v) is 12.5. The molecule has 1 aliphatic heterocycles. The summed E-state index contributed by atoms with van der Waals surface area (Å²) in [6.07, 6.45) is 2.10. The SMILES string of the molecule is CN(Cc1csc(C=CC(=O)O)c1)C(=O)C1COCCO1. The second kappa shape index (κ2) is 7.35. The summed E-state index contributed by atoms with van der Waals surface area (Å²) in [6, 6.07) is 1.87. The smallest absolute Gasteiger partial charge is 0.328 e. The number of likely N-dealkylation sites (N-methyl/N-ethyl adjacent to an activating group) is 1. The first-order valence-corrected chi connectivity index (χ1v) is 7.37. The molecular weight excluding hydrogens is 294 g/mol. The second-order valence-electron chi connectivity index (χ2n) is 4.66. The molecule has 2 heterocycles. The summed E-state index contributed by atoms with van der Waals surface area (Å²) in [5.74, 6) is -1.09. The van der Waals surface area contributed by atoms with Crippen LogP contribution in [0.1, 0.15) is 10.4 Å². The van der Waals surface area contributed by atoms with E-state index in [2.05, 4.69) is 0 Å². The lowest BCUT2D eigenvalue weighted by Gasteiger charge is -2.26. The quantitative estimate of drug-likeness (QED) is 0.828. The molecule has 0 radical (unpaired) electrons. The number of carbonyl (C=O) groups is 2. The molecule has 2 rings (SSSR count). The third-order valence-corrected chi connectivity index (χ3v) is 3.90. The average Bonchev–Trinajstić information content (AvgIpc) is 2.92. The number of aliphatic carboxylic acids is 1. The summed E-state index contributed by atoms with van der Waals surface area (Å²) in [7, 11) is 1.71. The van der Waals surface area contributed by atoms with Gasteiger partial charge in [0.15, 0.2) is 6.10 Å². The molecule has 1 aliphatic rings. The summed E-state index contributed by atoms with van der Waals surface area (Å²) in [6.45, 7) is 1.71. The predicted molar refractivity (Wildman–Crippen MR) is 78.0 cm³/mol. The van der Waals surface area contributed by atoms with Gasteiger partial charge in [-0.3, -0.25) is 4.79 Å². The number of hydrogen-bond donors (Lipinski definition) is 1. The van der Waals surface area contributed by atoms with Crippen LogP contribution in [0.2, 0.25) is 0 Å². The molecule has 0 saturated carbocycles. The number of hydrogen-bond acceptors (Lipinski definition) is 5. The van der Waals surface area contributed by atoms with Crippen molar-refractivity contribution in [1.29, 1.82) is 0 Å². The highest BCUT2D eigenvalue weighted by Gasteiger charge is 2.25. The van der Waals surface area contributed by atoms with Crippen LogP contribution in [-0.4, -0.2) is 54.9 Å². The molecule has 0 aromatic carbocycles. The van der Waals surface area contributed by atoms with Crippen LogP contribution in [0.5, 0.6) is 0 Å². The molecule has 1 saturated heterocycles. The fraction of sp³-hybridized carbons (Fsp3) is 0.429. The Balaban J connectivity index is 1.91. The topological polar surface area (TPSA) is 76.1 Å². The van der Waals surface area contributed by atoms with Crippen LogP contribution in [0.3, 0.4) is 0 Å². The van der Waals surface area contributed by atoms with Gasteiger partial charge in [-0.15, -0.1) is 11.3 Å². The van der Waals surface area contributed by atoms with Crippen LogP contribution in [0, 0.1) is 0 Å². The van der Waals surface area contributed by atoms with E-state index in [1.54, 1.807) is 11.9 Å². The molecule has 1 fully saturated rings. The largest absolute Gasteiger partial charge is 0.478 e. The van der Waals surface area contributed by atoms with Gasteiger partial charge >= 0.3 is 5.97 Å². The molecule has 1 aromatic rings. The maximum absolute atomic E-state index is 12.2. The van der Waals surface area contributed by atoms with Crippen LogP contribution < -0.4 is 0 Å². The molecule has 1 amide bonds. The molecule has 114 valence electrons. The number of ether oxygens (including phenoxy) is 2. The lowest BCUT2D eigenvalue weighted by molar-refractivity contribution is -0.157. The standard InChI is InChI=1S/C14H17NO5S/c1-15(14(18)12-8-19-4-5-20-12)7-10-6-11(21-9-10)2-3-13(16)17/h2-3,6,9,12H,4-5,7-8H2,1H3,(H,16,17). The summed E-state index contributed by atoms with van der Waals surface area (Å²) in [5.41, 5.74) is 0.956. The summed E-state index contributed by atoms with van der Waals surface area (Å²) in [5, 5.41) is 10.5. The predicted octanol–water partition coefficient (Wildman–Crippen LogP) is 1.22. The number of carboxylic acid groups (broad SMARTS) is 1. The monoisotopic (exact) mass is 311 g/mol. The van der Waals surface area contributed by atoms with Crippen molar-refractivity contribution in [2.45, 2.75) is 12.6 Å². The maximum Gasteiger partial charge on any atom is 0.328 e. The van der Waals surface area contributed by atoms with E-state index in [1.165, 1.54) is 17.4 Å². The Morgan fingerprint density at radius 2 is 2.33 bits per heavy atom. The van der Waals surface area contributed by atoms with Crippen LogP contribution in [0.25, 0.3) is 6.08 Å². The molecule has 7 heteroatoms. The molecular formula is C14H17NO5S. The van der Waals surface area contributed by atoms with Gasteiger partial charge in [0.05, 0.1) is 19.8 Å². The fourth-order valence-corrected chi connectivity index (χ4v) is 2.74. The Kier molecular flexibility index (Phi) is 5.49. The number of amides is 1. The Morgan fingerprint density at radius 1 is 1.52 bits per heavy atom. The minimum absolute atomic E-state index is 0.108. The third kappa shape index (κ3) is 4.66. The van der Waals surface area contributed by atoms with Gasteiger partial charge in [-0.05, 0) is 23.1 Å². The summed E-state index contributed by atoms with van der Waals surface area (Å²) in [4.78, 5) is 25.0. The van der Waals surface area contributed by atoms with Crippen molar-refractivity contribution < 1.29 is 24.2 Å². The average molecular weight is 311 g/mol. The Labute approximate surface area is 126 Å². The first-order chi connectivity index (χ1) is 10.1. The molecule has 1 unspecified atom stereocenters. The molecule has 0 spiro atoms. The van der Waals surface area contributed by atoms with Crippen molar-refractivity contribution in [3.05, 3.63) is 28.0 Å². The van der Waals surface area contributed by atoms with Gasteiger partial charge in [-0.2, -0.15) is 0 Å². The number of carbonyl (C=O) groups excluding carboxylic acids is 1. The van der Waals surface area contributed by atoms with E-state index in [9.17, 15) is 9.59 Å². The van der Waals surface area contributed by atoms with Crippen molar-refractivity contribution in [1.82, 2.24) is 4.90 Å². The minimum Gasteiger partial charge on any atom is -0.478 e. The number of thiophene rings is 1. The van der Waals surface area contributed by atoms with E-state index in [0.29, 0.717) is 26.4 Å². The van der Waals surface area contributed by atoms with Gasteiger partial charge in [0.1, 0.15) is 0 Å². The zero-order chi connectivity index (χ0) is 15.2. The Hall–Kier alpha value is -1.70. The molecule has 21 heavy (non-hydrogen) atoms. The van der Waals surface area contributed by atoms with E-state index in [0.717, 1.165) is 16.5 Å². The zero-order valence-electron chi connectivity index (χ0n) is 11.7. The van der Waals surface area contributed by atoms with E-state index >= 15 is 0 Å². The third-order valence-electron chi connectivity index (χ3n) is 2.95. The van der Waals surface area contributed by atoms with Gasteiger partial charge in [-0.1, -0.05) is 0 Å². The molecule has 0 bridgehead atoms. The van der Waals surface area contributed by atoms with E-state index in [-0.39, 0.29) is 5.91 Å². The van der Waals surface area contributed by atoms with Gasteiger partial charge in [0.2, 0.25) is 0 Å². The molecule has 6 nitrogen and oxygen atoms in total. The van der Waals surface area contributed by atoms with Crippen molar-refractivity contribution in [2.24, 2.45) is 0 Å². The van der Waals surface area contributed by atoms with Crippen molar-refractivity contribution in [3.8, 4) is 0 Å². The van der Waals surface area contributed by atoms with Gasteiger partial charge < -0.3 is 19.5 Å². The van der Waals surface area contributed by atoms with Crippen molar-refractivity contribution in [3.63, 3.8) is 0 Å². The van der Waals surface area contributed by atoms with Crippen LogP contribution in [0.15, 0.2) is 17.5 Å². The van der Waals surface area contributed by atoms with Crippen molar-refractivity contribution in [2.75, 3.05) is 26.9 Å². The fourth-order valence-electron chi connectivity index (χ4n) is 1.95. The normalized spacial score (nSPS) is 18.8. The van der Waals surface area contributed by atoms with E-state index in [4.69, 9.17) is 14.6 Å². The highest BCUT2D eigenvalue weighted by molar-refractivity contribution is 7.11. The van der Waals surface area contributed by atoms with Crippen LogP contribution in [-0.2, 0) is 25.6 Å². The summed E-state index contributed by atoms with van der Waals surface area (Å²) < 4.78 is 10.6. The van der Waals surface area contributed by atoms with Gasteiger partial charge in [-0.25, -0.2) is 4.79 Å². The maximum atomic E-state index is 12.2. The van der Waals surface area contributed by atoms with E-state index < -0.39 is 12.1 Å². The van der Waals surface area contributed by atoms with E-state index in [1.807, 2.05) is 11.4 Å². The first-order valence-electron chi connectivity index (χ1n) is 6.49. The van der Waals surface area contributed by atoms with Crippen LogP contribution in [0.4, 0.5) is 0 Å². The molecule has 1 aromatic heterocycles. The number of carboxylic acids is 1. The van der Waals surface area contributed by atoms with Gasteiger partial charge in [0.25, 0.3) is 5.91 Å². The lowest BCUT2D eigenvalue weighted by atomic mass is 10.2. The van der Waals surface area contributed by atoms with Crippen molar-refractivity contribution >= 4 is 29.3 Å². The molecule has 0 aliphatic carbocycles. The second-order valence-corrected chi connectivity index (χ2v) is 5.60. The van der Waals surface area contributed by atoms with Gasteiger partial charge in [0, 0.05) is 24.5 Å². The summed E-state index contributed by atoms with van der Waals surface area (Å²) >= 11 is 1.44. The highest BCUT2D eigenvalue weighted by atomic mass is 32.1. The number of nitrogens with zero attached hydrogens (tertiary/aromatic N) is 1. The Bertz CT molecular complexity index is 533. The number of rotatable bonds is 5. The molecule has 1 atom stereocenters. The lowest BCUT2D eigenvalue weighted by Crippen LogP contribution is -2.43. The van der Waals surface area contributed by atoms with Crippen LogP contribution >= 0.6 is 11.3 Å². The first kappa shape index (κ1) is 15.7.